The summed E-state index contributed by atoms with van der Waals surface area (Å²) in [5, 5.41) is 11.0. The van der Waals surface area contributed by atoms with Crippen molar-refractivity contribution in [2.75, 3.05) is 5.75 Å². The van der Waals surface area contributed by atoms with E-state index in [0.717, 1.165) is 0 Å². The van der Waals surface area contributed by atoms with Gasteiger partial charge in [-0.15, -0.1) is 0 Å². The molecule has 0 radical (unpaired) electrons. The number of hydrogen-bond acceptors (Lipinski definition) is 3. The summed E-state index contributed by atoms with van der Waals surface area (Å²) >= 11 is -1.23. The Bertz CT molecular complexity index is 289. The van der Waals surface area contributed by atoms with Gasteiger partial charge >= 0.3 is 0 Å². The van der Waals surface area contributed by atoms with E-state index in [1.54, 1.807) is 24.3 Å². The molecule has 0 heterocycles. The Morgan fingerprint density at radius 1 is 1.46 bits per heavy atom. The van der Waals surface area contributed by atoms with Crippen molar-refractivity contribution in [2.24, 2.45) is 10.9 Å². The van der Waals surface area contributed by atoms with Gasteiger partial charge in [0.05, 0.1) is 0 Å². The summed E-state index contributed by atoms with van der Waals surface area (Å²) in [6, 6.07) is 8.89. The zero-order chi connectivity index (χ0) is 9.68. The van der Waals surface area contributed by atoms with E-state index < -0.39 is 11.2 Å². The minimum Gasteiger partial charge on any atom is -0.611 e. The molecule has 5 heteroatoms. The first-order valence-electron chi connectivity index (χ1n) is 3.64. The fourth-order valence-corrected chi connectivity index (χ4v) is 1.77. The van der Waals surface area contributed by atoms with Crippen LogP contribution in [0.4, 0.5) is 0 Å². The molecule has 0 aliphatic rings. The van der Waals surface area contributed by atoms with Crippen molar-refractivity contribution in [2.45, 2.75) is 4.90 Å². The highest BCUT2D eigenvalue weighted by Gasteiger charge is 2.11. The van der Waals surface area contributed by atoms with Crippen molar-refractivity contribution < 1.29 is 9.76 Å². The molecule has 0 aromatic heterocycles. The predicted octanol–water partition coefficient (Wildman–Crippen LogP) is 0.541. The maximum absolute atomic E-state index is 11.5. The van der Waals surface area contributed by atoms with Crippen molar-refractivity contribution >= 4 is 17.0 Å². The first-order valence-corrected chi connectivity index (χ1v) is 4.95. The van der Waals surface area contributed by atoms with Crippen molar-refractivity contribution in [1.29, 1.82) is 0 Å². The van der Waals surface area contributed by atoms with Gasteiger partial charge in [-0.25, -0.2) is 0 Å². The molecule has 1 rings (SSSR count). The Balaban J connectivity index is 2.64. The first-order chi connectivity index (χ1) is 6.24. The van der Waals surface area contributed by atoms with Gasteiger partial charge in [-0.3, -0.25) is 0 Å². The SMILES string of the molecule is NC(C[S+]([O-])c1ccccc1)=NO. The molecule has 1 unspecified atom stereocenters. The van der Waals surface area contributed by atoms with Gasteiger partial charge in [0, 0.05) is 0 Å². The van der Waals surface area contributed by atoms with Crippen LogP contribution >= 0.6 is 0 Å². The Labute approximate surface area is 79.2 Å². The van der Waals surface area contributed by atoms with Crippen LogP contribution in [-0.4, -0.2) is 21.3 Å². The molecule has 1 aromatic carbocycles. The van der Waals surface area contributed by atoms with E-state index >= 15 is 0 Å². The summed E-state index contributed by atoms with van der Waals surface area (Å²) in [6.07, 6.45) is 0. The molecule has 0 aliphatic carbocycles. The molecular formula is C8H10N2O2S. The van der Waals surface area contributed by atoms with E-state index in [9.17, 15) is 4.55 Å². The smallest absolute Gasteiger partial charge is 0.189 e. The molecule has 0 bridgehead atoms. The first kappa shape index (κ1) is 9.88. The highest BCUT2D eigenvalue weighted by molar-refractivity contribution is 7.92. The lowest BCUT2D eigenvalue weighted by Crippen LogP contribution is -2.23. The Kier molecular flexibility index (Phi) is 3.60. The van der Waals surface area contributed by atoms with Crippen molar-refractivity contribution in [1.82, 2.24) is 0 Å². The number of benzene rings is 1. The normalized spacial score (nSPS) is 14.1. The molecule has 0 saturated carbocycles. The second kappa shape index (κ2) is 4.74. The Morgan fingerprint density at radius 3 is 2.62 bits per heavy atom. The van der Waals surface area contributed by atoms with E-state index in [1.165, 1.54) is 0 Å². The quantitative estimate of drug-likeness (QED) is 0.244. The van der Waals surface area contributed by atoms with Crippen LogP contribution in [0.3, 0.4) is 0 Å². The number of amidine groups is 1. The fourth-order valence-electron chi connectivity index (χ4n) is 0.819. The van der Waals surface area contributed by atoms with Crippen molar-refractivity contribution in [3.63, 3.8) is 0 Å². The van der Waals surface area contributed by atoms with Crippen LogP contribution in [-0.2, 0) is 11.2 Å². The van der Waals surface area contributed by atoms with E-state index in [1.807, 2.05) is 6.07 Å². The molecular weight excluding hydrogens is 188 g/mol. The van der Waals surface area contributed by atoms with Crippen LogP contribution in [0.5, 0.6) is 0 Å². The second-order valence-electron chi connectivity index (χ2n) is 2.39. The topological polar surface area (TPSA) is 81.7 Å². The summed E-state index contributed by atoms with van der Waals surface area (Å²) in [5.74, 6) is 0.0303. The van der Waals surface area contributed by atoms with Crippen LogP contribution in [0.2, 0.25) is 0 Å². The van der Waals surface area contributed by atoms with Crippen LogP contribution in [0.25, 0.3) is 0 Å². The van der Waals surface area contributed by atoms with Gasteiger partial charge in [0.15, 0.2) is 16.5 Å². The third-order valence-corrected chi connectivity index (χ3v) is 2.77. The zero-order valence-electron chi connectivity index (χ0n) is 6.88. The fraction of sp³-hybridized carbons (Fsp3) is 0.125. The third kappa shape index (κ3) is 2.96. The molecule has 1 atom stereocenters. The molecule has 0 aliphatic heterocycles. The maximum Gasteiger partial charge on any atom is 0.189 e. The van der Waals surface area contributed by atoms with E-state index in [4.69, 9.17) is 10.9 Å². The highest BCUT2D eigenvalue weighted by Crippen LogP contribution is 2.09. The van der Waals surface area contributed by atoms with E-state index in [2.05, 4.69) is 5.16 Å². The number of nitrogens with two attached hydrogens (primary N) is 1. The molecule has 0 amide bonds. The largest absolute Gasteiger partial charge is 0.611 e. The van der Waals surface area contributed by atoms with Gasteiger partial charge in [0.2, 0.25) is 0 Å². The van der Waals surface area contributed by atoms with Gasteiger partial charge in [-0.1, -0.05) is 23.4 Å². The molecule has 13 heavy (non-hydrogen) atoms. The lowest BCUT2D eigenvalue weighted by Gasteiger charge is -2.08. The molecule has 0 saturated heterocycles. The minimum atomic E-state index is -1.23. The standard InChI is InChI=1S/C8H10N2O2S/c9-8(10-11)6-13(12)7-4-2-1-3-5-7/h1-5,11H,6H2,(H2,9,10). The number of oxime groups is 1. The van der Waals surface area contributed by atoms with E-state index in [-0.39, 0.29) is 11.6 Å². The summed E-state index contributed by atoms with van der Waals surface area (Å²) in [6.45, 7) is 0. The second-order valence-corrected chi connectivity index (χ2v) is 3.85. The average molecular weight is 198 g/mol. The predicted molar refractivity (Wildman–Crippen MR) is 51.1 cm³/mol. The van der Waals surface area contributed by atoms with Crippen molar-refractivity contribution in [3.8, 4) is 0 Å². The summed E-state index contributed by atoms with van der Waals surface area (Å²) < 4.78 is 11.5. The summed E-state index contributed by atoms with van der Waals surface area (Å²) in [5.41, 5.74) is 5.22. The number of hydrogen-bond donors (Lipinski definition) is 2. The van der Waals surface area contributed by atoms with E-state index in [0.29, 0.717) is 4.90 Å². The molecule has 1 aromatic rings. The molecule has 0 fully saturated rings. The summed E-state index contributed by atoms with van der Waals surface area (Å²) in [4.78, 5) is 0.675. The number of nitrogens with zero attached hydrogens (tertiary/aromatic N) is 1. The summed E-state index contributed by atoms with van der Waals surface area (Å²) in [7, 11) is 0. The number of rotatable bonds is 3. The third-order valence-electron chi connectivity index (χ3n) is 1.41. The lowest BCUT2D eigenvalue weighted by atomic mass is 10.4. The van der Waals surface area contributed by atoms with Crippen molar-refractivity contribution in [3.05, 3.63) is 30.3 Å². The van der Waals surface area contributed by atoms with Crippen LogP contribution in [0, 0.1) is 0 Å². The Hall–Kier alpha value is -1.20. The Morgan fingerprint density at radius 2 is 2.08 bits per heavy atom. The van der Waals surface area contributed by atoms with Crippen LogP contribution < -0.4 is 5.73 Å². The monoisotopic (exact) mass is 198 g/mol. The van der Waals surface area contributed by atoms with Gasteiger partial charge < -0.3 is 15.5 Å². The van der Waals surface area contributed by atoms with Gasteiger partial charge in [-0.05, 0) is 23.3 Å². The maximum atomic E-state index is 11.5. The molecule has 4 nitrogen and oxygen atoms in total. The lowest BCUT2D eigenvalue weighted by molar-refractivity contribution is 0.318. The van der Waals surface area contributed by atoms with Gasteiger partial charge in [0.1, 0.15) is 0 Å². The van der Waals surface area contributed by atoms with Crippen LogP contribution in [0.15, 0.2) is 40.4 Å². The van der Waals surface area contributed by atoms with Crippen LogP contribution in [0.1, 0.15) is 0 Å². The highest BCUT2D eigenvalue weighted by atomic mass is 32.2. The molecule has 3 N–H and O–H groups in total. The molecule has 70 valence electrons. The van der Waals surface area contributed by atoms with Gasteiger partial charge in [0.25, 0.3) is 0 Å². The minimum absolute atomic E-state index is 0.0258. The average Bonchev–Trinajstić information content (AvgIpc) is 2.19. The zero-order valence-corrected chi connectivity index (χ0v) is 7.70. The molecule has 0 spiro atoms. The van der Waals surface area contributed by atoms with Gasteiger partial charge in [-0.2, -0.15) is 0 Å².